The molecule has 1 fully saturated rings. The fourth-order valence-electron chi connectivity index (χ4n) is 2.62. The van der Waals surface area contributed by atoms with Crippen LogP contribution in [0.15, 0.2) is 24.1 Å². The zero-order valence-electron chi connectivity index (χ0n) is 12.3. The molecule has 0 amide bonds. The molecule has 0 aromatic heterocycles. The zero-order valence-corrected chi connectivity index (χ0v) is 12.3. The molecule has 21 heavy (non-hydrogen) atoms. The summed E-state index contributed by atoms with van der Waals surface area (Å²) in [5.41, 5.74) is 1.97. The van der Waals surface area contributed by atoms with Gasteiger partial charge < -0.3 is 19.1 Å². The Hall–Kier alpha value is -2.01. The fourth-order valence-corrected chi connectivity index (χ4v) is 2.62. The Morgan fingerprint density at radius 3 is 2.76 bits per heavy atom. The Labute approximate surface area is 124 Å². The lowest BCUT2D eigenvalue weighted by atomic mass is 10.0. The molecular formula is C16H19NO4. The highest BCUT2D eigenvalue weighted by atomic mass is 16.5. The third-order valence-electron chi connectivity index (χ3n) is 3.72. The summed E-state index contributed by atoms with van der Waals surface area (Å²) >= 11 is 0. The van der Waals surface area contributed by atoms with Gasteiger partial charge in [-0.3, -0.25) is 4.79 Å². The fraction of sp³-hybridized carbons (Fsp3) is 0.438. The molecule has 5 heteroatoms. The Kier molecular flexibility index (Phi) is 3.84. The number of benzene rings is 1. The van der Waals surface area contributed by atoms with Gasteiger partial charge in [0.1, 0.15) is 11.5 Å². The van der Waals surface area contributed by atoms with Crippen LogP contribution in [-0.2, 0) is 16.0 Å². The van der Waals surface area contributed by atoms with Gasteiger partial charge in [-0.15, -0.1) is 0 Å². The third-order valence-corrected chi connectivity index (χ3v) is 3.72. The van der Waals surface area contributed by atoms with Crippen molar-refractivity contribution in [1.82, 2.24) is 4.90 Å². The molecule has 0 saturated carbocycles. The average Bonchev–Trinajstić information content (AvgIpc) is 2.50. The minimum Gasteiger partial charge on any atom is -0.441 e. The van der Waals surface area contributed by atoms with E-state index >= 15 is 0 Å². The van der Waals surface area contributed by atoms with Gasteiger partial charge in [-0.2, -0.15) is 0 Å². The molecule has 0 spiro atoms. The number of morpholine rings is 1. The van der Waals surface area contributed by atoms with E-state index in [1.165, 1.54) is 6.92 Å². The predicted molar refractivity (Wildman–Crippen MR) is 77.3 cm³/mol. The van der Waals surface area contributed by atoms with Crippen LogP contribution in [0, 0.1) is 6.92 Å². The molecule has 1 aromatic carbocycles. The number of allylic oxidation sites excluding steroid dienone is 1. The van der Waals surface area contributed by atoms with Gasteiger partial charge in [-0.1, -0.05) is 6.07 Å². The van der Waals surface area contributed by atoms with Gasteiger partial charge in [0.25, 0.3) is 0 Å². The van der Waals surface area contributed by atoms with E-state index in [0.29, 0.717) is 5.75 Å². The second-order valence-electron chi connectivity index (χ2n) is 5.22. The van der Waals surface area contributed by atoms with Gasteiger partial charge in [0.05, 0.1) is 13.2 Å². The number of fused-ring (bicyclic) bond motifs is 1. The lowest BCUT2D eigenvalue weighted by molar-refractivity contribution is -0.131. The van der Waals surface area contributed by atoms with Crippen molar-refractivity contribution < 1.29 is 19.0 Å². The van der Waals surface area contributed by atoms with E-state index in [1.54, 1.807) is 0 Å². The minimum absolute atomic E-state index is 0.321. The quantitative estimate of drug-likeness (QED) is 0.616. The standard InChI is InChI=1S/C16H19NO4/c1-11-14(20-12(2)18)5-3-13-4-6-15(21-16(11)13)17-7-9-19-10-8-17/h3,5-6H,4,7-10H2,1-2H3. The lowest BCUT2D eigenvalue weighted by Gasteiger charge is -2.33. The summed E-state index contributed by atoms with van der Waals surface area (Å²) in [4.78, 5) is 13.3. The molecule has 112 valence electrons. The first-order valence-electron chi connectivity index (χ1n) is 7.17. The molecule has 0 atom stereocenters. The number of ether oxygens (including phenoxy) is 3. The Morgan fingerprint density at radius 1 is 1.29 bits per heavy atom. The second-order valence-corrected chi connectivity index (χ2v) is 5.22. The van der Waals surface area contributed by atoms with E-state index in [0.717, 1.165) is 55.5 Å². The maximum Gasteiger partial charge on any atom is 0.308 e. The van der Waals surface area contributed by atoms with Crippen molar-refractivity contribution in [2.24, 2.45) is 0 Å². The first-order chi connectivity index (χ1) is 10.1. The first-order valence-corrected chi connectivity index (χ1v) is 7.17. The summed E-state index contributed by atoms with van der Waals surface area (Å²) in [6, 6.07) is 3.78. The maximum absolute atomic E-state index is 11.1. The highest BCUT2D eigenvalue weighted by Crippen LogP contribution is 2.36. The van der Waals surface area contributed by atoms with Gasteiger partial charge >= 0.3 is 5.97 Å². The molecule has 2 aliphatic heterocycles. The predicted octanol–water partition coefficient (Wildman–Crippen LogP) is 2.03. The van der Waals surface area contributed by atoms with Gasteiger partial charge in [0, 0.05) is 25.6 Å². The number of hydrogen-bond acceptors (Lipinski definition) is 5. The third kappa shape index (κ3) is 2.88. The van der Waals surface area contributed by atoms with Gasteiger partial charge in [-0.25, -0.2) is 0 Å². The van der Waals surface area contributed by atoms with Crippen LogP contribution in [0.5, 0.6) is 11.5 Å². The first kappa shape index (κ1) is 13.9. The summed E-state index contributed by atoms with van der Waals surface area (Å²) in [5.74, 6) is 1.91. The summed E-state index contributed by atoms with van der Waals surface area (Å²) in [7, 11) is 0. The van der Waals surface area contributed by atoms with Crippen molar-refractivity contribution in [2.75, 3.05) is 26.3 Å². The van der Waals surface area contributed by atoms with Gasteiger partial charge in [0.15, 0.2) is 5.88 Å². The van der Waals surface area contributed by atoms with E-state index in [-0.39, 0.29) is 5.97 Å². The smallest absolute Gasteiger partial charge is 0.308 e. The monoisotopic (exact) mass is 289 g/mol. The van der Waals surface area contributed by atoms with Crippen molar-refractivity contribution >= 4 is 5.97 Å². The van der Waals surface area contributed by atoms with Crippen LogP contribution < -0.4 is 9.47 Å². The van der Waals surface area contributed by atoms with Crippen LogP contribution in [0.25, 0.3) is 0 Å². The van der Waals surface area contributed by atoms with Crippen molar-refractivity contribution in [3.63, 3.8) is 0 Å². The molecule has 1 aromatic rings. The molecule has 0 aliphatic carbocycles. The number of esters is 1. The molecule has 1 saturated heterocycles. The van der Waals surface area contributed by atoms with Crippen molar-refractivity contribution in [3.05, 3.63) is 35.2 Å². The van der Waals surface area contributed by atoms with E-state index in [4.69, 9.17) is 14.2 Å². The average molecular weight is 289 g/mol. The highest BCUT2D eigenvalue weighted by Gasteiger charge is 2.23. The minimum atomic E-state index is -0.321. The molecule has 5 nitrogen and oxygen atoms in total. The summed E-state index contributed by atoms with van der Waals surface area (Å²) in [5, 5.41) is 0. The molecular weight excluding hydrogens is 270 g/mol. The Balaban J connectivity index is 1.84. The number of carbonyl (C=O) groups excluding carboxylic acids is 1. The van der Waals surface area contributed by atoms with Crippen LogP contribution in [0.2, 0.25) is 0 Å². The van der Waals surface area contributed by atoms with Crippen molar-refractivity contribution in [3.8, 4) is 11.5 Å². The maximum atomic E-state index is 11.1. The molecule has 3 rings (SSSR count). The van der Waals surface area contributed by atoms with Crippen LogP contribution in [-0.4, -0.2) is 37.2 Å². The largest absolute Gasteiger partial charge is 0.441 e. The van der Waals surface area contributed by atoms with E-state index < -0.39 is 0 Å². The van der Waals surface area contributed by atoms with Crippen molar-refractivity contribution in [2.45, 2.75) is 20.3 Å². The molecule has 0 N–H and O–H groups in total. The second kappa shape index (κ2) is 5.77. The number of nitrogens with zero attached hydrogens (tertiary/aromatic N) is 1. The number of carbonyl (C=O) groups is 1. The molecule has 0 bridgehead atoms. The van der Waals surface area contributed by atoms with Crippen molar-refractivity contribution in [1.29, 1.82) is 0 Å². The molecule has 0 unspecified atom stereocenters. The van der Waals surface area contributed by atoms with Crippen LogP contribution in [0.1, 0.15) is 18.1 Å². The Morgan fingerprint density at radius 2 is 2.05 bits per heavy atom. The van der Waals surface area contributed by atoms with Crippen LogP contribution >= 0.6 is 0 Å². The van der Waals surface area contributed by atoms with E-state index in [1.807, 2.05) is 19.1 Å². The lowest BCUT2D eigenvalue weighted by Crippen LogP contribution is -2.38. The van der Waals surface area contributed by atoms with Gasteiger partial charge in [-0.05, 0) is 31.1 Å². The Bertz CT molecular complexity index is 588. The SMILES string of the molecule is CC(=O)Oc1ccc2c(c1C)OC(N1CCOCC1)=CC2. The van der Waals surface area contributed by atoms with Crippen LogP contribution in [0.3, 0.4) is 0 Å². The normalized spacial score (nSPS) is 17.6. The van der Waals surface area contributed by atoms with Crippen LogP contribution in [0.4, 0.5) is 0 Å². The molecule has 2 heterocycles. The molecule has 0 radical (unpaired) electrons. The van der Waals surface area contributed by atoms with E-state index in [2.05, 4.69) is 11.0 Å². The number of hydrogen-bond donors (Lipinski definition) is 0. The summed E-state index contributed by atoms with van der Waals surface area (Å²) in [6.07, 6.45) is 2.92. The molecule has 2 aliphatic rings. The van der Waals surface area contributed by atoms with E-state index in [9.17, 15) is 4.79 Å². The number of rotatable bonds is 2. The summed E-state index contributed by atoms with van der Waals surface area (Å²) in [6.45, 7) is 6.44. The zero-order chi connectivity index (χ0) is 14.8. The van der Waals surface area contributed by atoms with Gasteiger partial charge in [0.2, 0.25) is 0 Å². The summed E-state index contributed by atoms with van der Waals surface area (Å²) < 4.78 is 16.6. The topological polar surface area (TPSA) is 48.0 Å². The highest BCUT2D eigenvalue weighted by molar-refractivity contribution is 5.70.